The molecule has 2 aromatic rings. The second-order valence-corrected chi connectivity index (χ2v) is 7.36. The minimum atomic E-state index is -0.278. The highest BCUT2D eigenvalue weighted by Crippen LogP contribution is 2.16. The number of ether oxygens (including phenoxy) is 1. The molecule has 0 radical (unpaired) electrons. The maximum absolute atomic E-state index is 12.7. The summed E-state index contributed by atoms with van der Waals surface area (Å²) >= 11 is 1.37. The largest absolute Gasteiger partial charge is 0.376 e. The summed E-state index contributed by atoms with van der Waals surface area (Å²) in [5, 5.41) is 8.05. The van der Waals surface area contributed by atoms with Gasteiger partial charge in [-0.25, -0.2) is 9.78 Å². The number of thiazole rings is 1. The normalized spacial score (nSPS) is 16.1. The molecule has 7 nitrogen and oxygen atoms in total. The number of anilines is 1. The van der Waals surface area contributed by atoms with Crippen LogP contribution in [0.15, 0.2) is 35.7 Å². The van der Waals surface area contributed by atoms with Gasteiger partial charge in [-0.2, -0.15) is 0 Å². The van der Waals surface area contributed by atoms with Crippen molar-refractivity contribution in [2.45, 2.75) is 32.4 Å². The van der Waals surface area contributed by atoms with E-state index in [9.17, 15) is 9.59 Å². The van der Waals surface area contributed by atoms with Gasteiger partial charge in [0.1, 0.15) is 6.54 Å². The number of carbonyl (C=O) groups is 2. The second kappa shape index (κ2) is 9.48. The molecule has 3 rings (SSSR count). The molecule has 2 N–H and O–H groups in total. The average Bonchev–Trinajstić information content (AvgIpc) is 3.31. The van der Waals surface area contributed by atoms with Crippen molar-refractivity contribution < 1.29 is 14.3 Å². The van der Waals surface area contributed by atoms with E-state index in [2.05, 4.69) is 15.6 Å². The van der Waals surface area contributed by atoms with Crippen LogP contribution in [0, 0.1) is 6.92 Å². The molecule has 1 saturated heterocycles. The molecule has 2 heterocycles. The van der Waals surface area contributed by atoms with Gasteiger partial charge in [0.25, 0.3) is 0 Å². The van der Waals surface area contributed by atoms with E-state index < -0.39 is 0 Å². The van der Waals surface area contributed by atoms with Gasteiger partial charge in [-0.3, -0.25) is 4.79 Å². The molecule has 1 fully saturated rings. The van der Waals surface area contributed by atoms with Crippen LogP contribution in [0.3, 0.4) is 0 Å². The number of benzene rings is 1. The van der Waals surface area contributed by atoms with E-state index in [0.29, 0.717) is 24.8 Å². The summed E-state index contributed by atoms with van der Waals surface area (Å²) in [6.07, 6.45) is 1.85. The number of hydrogen-bond donors (Lipinski definition) is 2. The zero-order chi connectivity index (χ0) is 19.1. The van der Waals surface area contributed by atoms with Gasteiger partial charge in [-0.15, -0.1) is 11.3 Å². The summed E-state index contributed by atoms with van der Waals surface area (Å²) in [4.78, 5) is 30.8. The Morgan fingerprint density at radius 3 is 2.81 bits per heavy atom. The Balaban J connectivity index is 1.58. The highest BCUT2D eigenvalue weighted by atomic mass is 32.1. The summed E-state index contributed by atoms with van der Waals surface area (Å²) in [5.74, 6) is -0.266. The fourth-order valence-electron chi connectivity index (χ4n) is 2.88. The van der Waals surface area contributed by atoms with E-state index in [-0.39, 0.29) is 24.6 Å². The van der Waals surface area contributed by atoms with Crippen molar-refractivity contribution in [3.05, 3.63) is 47.0 Å². The molecule has 0 bridgehead atoms. The summed E-state index contributed by atoms with van der Waals surface area (Å²) in [6.45, 7) is 3.33. The average molecular weight is 388 g/mol. The second-order valence-electron chi connectivity index (χ2n) is 6.50. The summed E-state index contributed by atoms with van der Waals surface area (Å²) in [5.41, 5.74) is 1.86. The zero-order valence-electron chi connectivity index (χ0n) is 15.3. The zero-order valence-corrected chi connectivity index (χ0v) is 16.1. The molecule has 1 aromatic carbocycles. The van der Waals surface area contributed by atoms with Gasteiger partial charge in [0, 0.05) is 25.1 Å². The first-order valence-corrected chi connectivity index (χ1v) is 9.88. The predicted octanol–water partition coefficient (Wildman–Crippen LogP) is 2.78. The minimum Gasteiger partial charge on any atom is -0.376 e. The molecule has 1 unspecified atom stereocenters. The van der Waals surface area contributed by atoms with Gasteiger partial charge in [-0.1, -0.05) is 30.3 Å². The lowest BCUT2D eigenvalue weighted by Crippen LogP contribution is -2.47. The smallest absolute Gasteiger partial charge is 0.318 e. The van der Waals surface area contributed by atoms with Crippen LogP contribution >= 0.6 is 11.3 Å². The van der Waals surface area contributed by atoms with E-state index >= 15 is 0 Å². The molecule has 1 aliphatic rings. The first-order chi connectivity index (χ1) is 13.1. The van der Waals surface area contributed by atoms with Crippen molar-refractivity contribution in [3.8, 4) is 0 Å². The number of rotatable bonds is 7. The van der Waals surface area contributed by atoms with Gasteiger partial charge in [0.05, 0.1) is 11.8 Å². The molecule has 1 aliphatic heterocycles. The number of hydrogen-bond acceptors (Lipinski definition) is 5. The molecular formula is C19H24N4O3S. The molecule has 0 saturated carbocycles. The van der Waals surface area contributed by atoms with Crippen LogP contribution < -0.4 is 10.6 Å². The molecule has 144 valence electrons. The minimum absolute atomic E-state index is 0.0256. The van der Waals surface area contributed by atoms with Crippen molar-refractivity contribution in [1.29, 1.82) is 0 Å². The predicted molar refractivity (Wildman–Crippen MR) is 105 cm³/mol. The van der Waals surface area contributed by atoms with Crippen LogP contribution in [0.2, 0.25) is 0 Å². The monoisotopic (exact) mass is 388 g/mol. The Labute approximate surface area is 162 Å². The van der Waals surface area contributed by atoms with E-state index in [1.807, 2.05) is 42.6 Å². The van der Waals surface area contributed by atoms with Gasteiger partial charge in [-0.05, 0) is 25.3 Å². The van der Waals surface area contributed by atoms with Crippen LogP contribution in [0.5, 0.6) is 0 Å². The summed E-state index contributed by atoms with van der Waals surface area (Å²) in [6, 6.07) is 9.40. The Bertz CT molecular complexity index is 759. The first-order valence-electron chi connectivity index (χ1n) is 9.00. The van der Waals surface area contributed by atoms with Crippen molar-refractivity contribution in [2.75, 3.05) is 25.0 Å². The number of carbonyl (C=O) groups excluding carboxylic acids is 2. The third kappa shape index (κ3) is 6.04. The Hall–Kier alpha value is -2.45. The quantitative estimate of drug-likeness (QED) is 0.764. The molecule has 0 spiro atoms. The van der Waals surface area contributed by atoms with Gasteiger partial charge >= 0.3 is 6.03 Å². The van der Waals surface area contributed by atoms with Gasteiger partial charge in [0.15, 0.2) is 5.13 Å². The van der Waals surface area contributed by atoms with E-state index in [4.69, 9.17) is 4.74 Å². The first kappa shape index (κ1) is 19.3. The lowest BCUT2D eigenvalue weighted by atomic mass is 10.2. The number of urea groups is 1. The Morgan fingerprint density at radius 1 is 1.33 bits per heavy atom. The molecule has 8 heteroatoms. The van der Waals surface area contributed by atoms with Crippen LogP contribution in [0.25, 0.3) is 0 Å². The molecular weight excluding hydrogens is 364 g/mol. The van der Waals surface area contributed by atoms with Crippen LogP contribution in [0.1, 0.15) is 24.1 Å². The molecule has 27 heavy (non-hydrogen) atoms. The molecule has 1 aromatic heterocycles. The third-order valence-corrected chi connectivity index (χ3v) is 5.10. The lowest BCUT2D eigenvalue weighted by Gasteiger charge is -2.25. The van der Waals surface area contributed by atoms with Crippen molar-refractivity contribution in [1.82, 2.24) is 15.2 Å². The maximum atomic E-state index is 12.7. The fourth-order valence-corrected chi connectivity index (χ4v) is 3.59. The Morgan fingerprint density at radius 2 is 2.15 bits per heavy atom. The summed E-state index contributed by atoms with van der Waals surface area (Å²) in [7, 11) is 0. The van der Waals surface area contributed by atoms with Crippen LogP contribution in [0.4, 0.5) is 9.93 Å². The number of aryl methyl sites for hydroxylation is 1. The SMILES string of the molecule is Cc1csc(NC(=O)CN(CC2CCCO2)C(=O)NCc2ccccc2)n1. The number of nitrogens with one attached hydrogen (secondary N) is 2. The standard InChI is InChI=1S/C19H24N4O3S/c1-14-13-27-18(21-14)22-17(24)12-23(11-16-8-5-9-26-16)19(25)20-10-15-6-3-2-4-7-15/h2-4,6-7,13,16H,5,8-12H2,1H3,(H,20,25)(H,21,22,24). The third-order valence-electron chi connectivity index (χ3n) is 4.22. The molecule has 3 amide bonds. The highest BCUT2D eigenvalue weighted by molar-refractivity contribution is 7.13. The summed E-state index contributed by atoms with van der Waals surface area (Å²) < 4.78 is 5.64. The van der Waals surface area contributed by atoms with Crippen LogP contribution in [-0.2, 0) is 16.1 Å². The van der Waals surface area contributed by atoms with Crippen molar-refractivity contribution in [2.24, 2.45) is 0 Å². The van der Waals surface area contributed by atoms with Crippen molar-refractivity contribution in [3.63, 3.8) is 0 Å². The van der Waals surface area contributed by atoms with E-state index in [1.165, 1.54) is 16.2 Å². The number of amides is 3. The van der Waals surface area contributed by atoms with Crippen molar-refractivity contribution >= 4 is 28.4 Å². The van der Waals surface area contributed by atoms with Gasteiger partial charge < -0.3 is 20.3 Å². The highest BCUT2D eigenvalue weighted by Gasteiger charge is 2.24. The number of nitrogens with zero attached hydrogens (tertiary/aromatic N) is 2. The molecule has 0 aliphatic carbocycles. The number of aromatic nitrogens is 1. The fraction of sp³-hybridized carbons (Fsp3) is 0.421. The van der Waals surface area contributed by atoms with Crippen LogP contribution in [-0.4, -0.2) is 47.6 Å². The topological polar surface area (TPSA) is 83.6 Å². The lowest BCUT2D eigenvalue weighted by molar-refractivity contribution is -0.117. The Kier molecular flexibility index (Phi) is 6.78. The van der Waals surface area contributed by atoms with Gasteiger partial charge in [0.2, 0.25) is 5.91 Å². The van der Waals surface area contributed by atoms with E-state index in [1.54, 1.807) is 0 Å². The maximum Gasteiger partial charge on any atom is 0.318 e. The molecule has 1 atom stereocenters. The van der Waals surface area contributed by atoms with E-state index in [0.717, 1.165) is 24.1 Å².